The van der Waals surface area contributed by atoms with Crippen molar-refractivity contribution in [1.29, 1.82) is 0 Å². The molecule has 22 heavy (non-hydrogen) atoms. The van der Waals surface area contributed by atoms with Crippen LogP contribution in [0.25, 0.3) is 0 Å². The minimum absolute atomic E-state index is 0.152. The average molecular weight is 302 g/mol. The molecular weight excluding hydrogens is 280 g/mol. The van der Waals surface area contributed by atoms with Gasteiger partial charge in [0, 0.05) is 38.3 Å². The van der Waals surface area contributed by atoms with Crippen molar-refractivity contribution in [2.75, 3.05) is 25.5 Å². The Labute approximate surface area is 130 Å². The molecule has 2 rings (SSSR count). The smallest absolute Gasteiger partial charge is 0.251 e. The first kappa shape index (κ1) is 16.1. The summed E-state index contributed by atoms with van der Waals surface area (Å²) in [5, 5.41) is 13.1. The van der Waals surface area contributed by atoms with E-state index in [0.29, 0.717) is 17.7 Å². The molecule has 0 bridgehead atoms. The van der Waals surface area contributed by atoms with Crippen molar-refractivity contribution >= 4 is 11.6 Å². The minimum atomic E-state index is -1.06. The molecule has 118 valence electrons. The molecule has 1 aromatic heterocycles. The van der Waals surface area contributed by atoms with Gasteiger partial charge in [0.1, 0.15) is 5.76 Å². The zero-order valence-electron chi connectivity index (χ0n) is 13.2. The number of hydrogen-bond donors (Lipinski definition) is 2. The van der Waals surface area contributed by atoms with Crippen LogP contribution in [0, 0.1) is 0 Å². The van der Waals surface area contributed by atoms with Crippen molar-refractivity contribution in [3.8, 4) is 0 Å². The van der Waals surface area contributed by atoms with Gasteiger partial charge in [0.25, 0.3) is 5.91 Å². The monoisotopic (exact) mass is 302 g/mol. The molecule has 2 aromatic rings. The lowest BCUT2D eigenvalue weighted by Crippen LogP contribution is -2.42. The molecule has 1 aromatic carbocycles. The standard InChI is InChI=1S/C17H22N2O3/c1-17(21,11-15-8-5-9-22-15)12-18-16(20)13-6-4-7-14(10-13)19(2)3/h4-10,21H,11-12H2,1-3H3,(H,18,20)/t17-/m1/s1. The topological polar surface area (TPSA) is 65.7 Å². The number of nitrogens with zero attached hydrogens (tertiary/aromatic N) is 1. The summed E-state index contributed by atoms with van der Waals surface area (Å²) in [6, 6.07) is 10.9. The van der Waals surface area contributed by atoms with Gasteiger partial charge in [-0.15, -0.1) is 0 Å². The molecule has 1 atom stereocenters. The number of aliphatic hydroxyl groups is 1. The fourth-order valence-corrected chi connectivity index (χ4v) is 2.15. The van der Waals surface area contributed by atoms with Gasteiger partial charge in [-0.25, -0.2) is 0 Å². The molecule has 0 spiro atoms. The van der Waals surface area contributed by atoms with Crippen molar-refractivity contribution in [1.82, 2.24) is 5.32 Å². The van der Waals surface area contributed by atoms with E-state index in [9.17, 15) is 9.90 Å². The molecule has 1 amide bonds. The molecule has 0 aliphatic carbocycles. The first-order valence-electron chi connectivity index (χ1n) is 7.18. The van der Waals surface area contributed by atoms with Crippen LogP contribution in [0.5, 0.6) is 0 Å². The zero-order valence-corrected chi connectivity index (χ0v) is 13.2. The number of nitrogens with one attached hydrogen (secondary N) is 1. The Morgan fingerprint density at radius 2 is 2.09 bits per heavy atom. The van der Waals surface area contributed by atoms with Gasteiger partial charge in [-0.3, -0.25) is 4.79 Å². The zero-order chi connectivity index (χ0) is 16.2. The number of furan rings is 1. The van der Waals surface area contributed by atoms with E-state index in [-0.39, 0.29) is 12.5 Å². The molecule has 0 aliphatic rings. The molecule has 0 fully saturated rings. The highest BCUT2D eigenvalue weighted by Crippen LogP contribution is 2.15. The Hall–Kier alpha value is -2.27. The van der Waals surface area contributed by atoms with Crippen LogP contribution in [-0.2, 0) is 6.42 Å². The van der Waals surface area contributed by atoms with Crippen LogP contribution in [0.1, 0.15) is 23.0 Å². The maximum atomic E-state index is 12.2. The van der Waals surface area contributed by atoms with E-state index < -0.39 is 5.60 Å². The summed E-state index contributed by atoms with van der Waals surface area (Å²) in [6.45, 7) is 1.82. The predicted molar refractivity (Wildman–Crippen MR) is 86.1 cm³/mol. The highest BCUT2D eigenvalue weighted by molar-refractivity contribution is 5.95. The SMILES string of the molecule is CN(C)c1cccc(C(=O)NC[C@](C)(O)Cc2ccco2)c1. The summed E-state index contributed by atoms with van der Waals surface area (Å²) < 4.78 is 5.22. The normalized spacial score (nSPS) is 13.5. The van der Waals surface area contributed by atoms with Crippen molar-refractivity contribution in [2.45, 2.75) is 18.9 Å². The summed E-state index contributed by atoms with van der Waals surface area (Å²) in [7, 11) is 3.84. The summed E-state index contributed by atoms with van der Waals surface area (Å²) in [5.74, 6) is 0.484. The van der Waals surface area contributed by atoms with Crippen LogP contribution in [0.2, 0.25) is 0 Å². The van der Waals surface area contributed by atoms with Crippen molar-refractivity contribution in [3.63, 3.8) is 0 Å². The second kappa shape index (κ2) is 6.66. The highest BCUT2D eigenvalue weighted by Gasteiger charge is 2.23. The van der Waals surface area contributed by atoms with E-state index in [4.69, 9.17) is 4.42 Å². The van der Waals surface area contributed by atoms with Gasteiger partial charge < -0.3 is 19.7 Å². The number of carbonyl (C=O) groups is 1. The number of anilines is 1. The second-order valence-electron chi connectivity index (χ2n) is 5.88. The van der Waals surface area contributed by atoms with Gasteiger partial charge >= 0.3 is 0 Å². The predicted octanol–water partition coefficient (Wildman–Crippen LogP) is 2.07. The Balaban J connectivity index is 1.95. The van der Waals surface area contributed by atoms with E-state index in [0.717, 1.165) is 5.69 Å². The first-order chi connectivity index (χ1) is 10.4. The van der Waals surface area contributed by atoms with Crippen LogP contribution in [-0.4, -0.2) is 37.3 Å². The number of rotatable bonds is 6. The molecule has 5 nitrogen and oxygen atoms in total. The molecule has 2 N–H and O–H groups in total. The van der Waals surface area contributed by atoms with Crippen LogP contribution < -0.4 is 10.2 Å². The quantitative estimate of drug-likeness (QED) is 0.857. The summed E-state index contributed by atoms with van der Waals surface area (Å²) in [4.78, 5) is 14.1. The number of amides is 1. The molecule has 1 heterocycles. The maximum absolute atomic E-state index is 12.2. The van der Waals surface area contributed by atoms with E-state index in [1.54, 1.807) is 31.4 Å². The van der Waals surface area contributed by atoms with Crippen LogP contribution in [0.3, 0.4) is 0 Å². The van der Waals surface area contributed by atoms with Crippen LogP contribution in [0.15, 0.2) is 47.1 Å². The summed E-state index contributed by atoms with van der Waals surface area (Å²) in [5.41, 5.74) is 0.460. The molecule has 0 saturated heterocycles. The average Bonchev–Trinajstić information content (AvgIpc) is 2.97. The third-order valence-corrected chi connectivity index (χ3v) is 3.39. The number of benzene rings is 1. The fourth-order valence-electron chi connectivity index (χ4n) is 2.15. The maximum Gasteiger partial charge on any atom is 0.251 e. The van der Waals surface area contributed by atoms with Crippen molar-refractivity contribution < 1.29 is 14.3 Å². The van der Waals surface area contributed by atoms with Gasteiger partial charge in [-0.2, -0.15) is 0 Å². The largest absolute Gasteiger partial charge is 0.469 e. The second-order valence-corrected chi connectivity index (χ2v) is 5.88. The fraction of sp³-hybridized carbons (Fsp3) is 0.353. The van der Waals surface area contributed by atoms with E-state index in [1.165, 1.54) is 0 Å². The summed E-state index contributed by atoms with van der Waals surface area (Å²) in [6.07, 6.45) is 1.91. The van der Waals surface area contributed by atoms with Gasteiger partial charge in [0.05, 0.1) is 11.9 Å². The van der Waals surface area contributed by atoms with Gasteiger partial charge in [-0.1, -0.05) is 6.07 Å². The third-order valence-electron chi connectivity index (χ3n) is 3.39. The molecule has 5 heteroatoms. The van der Waals surface area contributed by atoms with Crippen molar-refractivity contribution in [2.24, 2.45) is 0 Å². The third kappa shape index (κ3) is 4.36. The lowest BCUT2D eigenvalue weighted by molar-refractivity contribution is 0.0510. The number of carbonyl (C=O) groups excluding carboxylic acids is 1. The Bertz CT molecular complexity index is 619. The minimum Gasteiger partial charge on any atom is -0.469 e. The Morgan fingerprint density at radius 3 is 2.73 bits per heavy atom. The number of hydrogen-bond acceptors (Lipinski definition) is 4. The van der Waals surface area contributed by atoms with Gasteiger partial charge in [-0.05, 0) is 37.3 Å². The van der Waals surface area contributed by atoms with Gasteiger partial charge in [0.2, 0.25) is 0 Å². The highest BCUT2D eigenvalue weighted by atomic mass is 16.3. The molecular formula is C17H22N2O3. The Morgan fingerprint density at radius 1 is 1.32 bits per heavy atom. The lowest BCUT2D eigenvalue weighted by atomic mass is 10.0. The molecule has 0 radical (unpaired) electrons. The lowest BCUT2D eigenvalue weighted by Gasteiger charge is -2.22. The molecule has 0 saturated carbocycles. The van der Waals surface area contributed by atoms with Crippen LogP contribution >= 0.6 is 0 Å². The first-order valence-corrected chi connectivity index (χ1v) is 7.18. The molecule has 0 aliphatic heterocycles. The van der Waals surface area contributed by atoms with E-state index >= 15 is 0 Å². The van der Waals surface area contributed by atoms with Crippen LogP contribution in [0.4, 0.5) is 5.69 Å². The van der Waals surface area contributed by atoms with Crippen molar-refractivity contribution in [3.05, 3.63) is 54.0 Å². The van der Waals surface area contributed by atoms with E-state index in [1.807, 2.05) is 37.2 Å². The summed E-state index contributed by atoms with van der Waals surface area (Å²) >= 11 is 0. The molecule has 0 unspecified atom stereocenters. The van der Waals surface area contributed by atoms with Gasteiger partial charge in [0.15, 0.2) is 0 Å². The Kier molecular flexibility index (Phi) is 4.88. The van der Waals surface area contributed by atoms with E-state index in [2.05, 4.69) is 5.32 Å².